The number of nitrogens with zero attached hydrogens (tertiary/aromatic N) is 2. The number of hydrogen-bond acceptors (Lipinski definition) is 5. The van der Waals surface area contributed by atoms with E-state index in [0.717, 1.165) is 5.56 Å². The Morgan fingerprint density at radius 1 is 1.42 bits per heavy atom. The molecule has 2 aromatic rings. The maximum atomic E-state index is 11.1. The van der Waals surface area contributed by atoms with E-state index in [1.54, 1.807) is 6.07 Å². The van der Waals surface area contributed by atoms with Crippen LogP contribution in [0, 0.1) is 17.0 Å². The molecule has 0 aliphatic carbocycles. The van der Waals surface area contributed by atoms with Gasteiger partial charge in [0.15, 0.2) is 5.52 Å². The number of aromatic nitrogens is 1. The molecule has 0 atom stereocenters. The second-order valence-electron chi connectivity index (χ2n) is 4.16. The Bertz CT molecular complexity index is 641. The van der Waals surface area contributed by atoms with Gasteiger partial charge in [-0.1, -0.05) is 0 Å². The molecule has 0 bridgehead atoms. The molecule has 0 amide bonds. The second kappa shape index (κ2) is 5.09. The van der Waals surface area contributed by atoms with E-state index >= 15 is 0 Å². The van der Waals surface area contributed by atoms with E-state index in [1.807, 2.05) is 19.9 Å². The van der Waals surface area contributed by atoms with E-state index in [1.165, 1.54) is 13.2 Å². The lowest BCUT2D eigenvalue weighted by atomic mass is 10.1. The average Bonchev–Trinajstić information content (AvgIpc) is 2.38. The molecule has 100 valence electrons. The van der Waals surface area contributed by atoms with Gasteiger partial charge in [0.2, 0.25) is 0 Å². The zero-order chi connectivity index (χ0) is 14.0. The number of pyridine rings is 1. The third kappa shape index (κ3) is 2.42. The predicted molar refractivity (Wildman–Crippen MR) is 73.9 cm³/mol. The number of nitro groups is 1. The first kappa shape index (κ1) is 13.1. The minimum absolute atomic E-state index is 0.0477. The smallest absolute Gasteiger partial charge is 0.299 e. The van der Waals surface area contributed by atoms with E-state index in [-0.39, 0.29) is 5.69 Å². The van der Waals surface area contributed by atoms with Crippen molar-refractivity contribution in [2.45, 2.75) is 13.8 Å². The van der Waals surface area contributed by atoms with Crippen molar-refractivity contribution in [3.8, 4) is 5.75 Å². The summed E-state index contributed by atoms with van der Waals surface area (Å²) in [5.41, 5.74) is 1.26. The highest BCUT2D eigenvalue weighted by Gasteiger charge is 2.17. The van der Waals surface area contributed by atoms with Crippen LogP contribution in [0.4, 0.5) is 11.5 Å². The molecule has 1 heterocycles. The van der Waals surface area contributed by atoms with Crippen LogP contribution in [0.5, 0.6) is 5.75 Å². The molecular formula is C13H15N3O3. The number of hydrogen-bond donors (Lipinski definition) is 1. The number of ether oxygens (including phenoxy) is 1. The number of nitrogens with one attached hydrogen (secondary N) is 1. The first-order valence-electron chi connectivity index (χ1n) is 5.94. The molecule has 0 radical (unpaired) electrons. The Morgan fingerprint density at radius 3 is 2.74 bits per heavy atom. The van der Waals surface area contributed by atoms with Crippen molar-refractivity contribution in [2.75, 3.05) is 19.0 Å². The summed E-state index contributed by atoms with van der Waals surface area (Å²) in [4.78, 5) is 15.0. The van der Waals surface area contributed by atoms with Gasteiger partial charge in [0.25, 0.3) is 5.69 Å². The number of nitro benzene ring substituents is 1. The van der Waals surface area contributed by atoms with Gasteiger partial charge in [-0.2, -0.15) is 0 Å². The Kier molecular flexibility index (Phi) is 3.50. The predicted octanol–water partition coefficient (Wildman–Crippen LogP) is 2.89. The van der Waals surface area contributed by atoms with Crippen LogP contribution in [0.1, 0.15) is 12.5 Å². The molecule has 1 aromatic carbocycles. The molecular weight excluding hydrogens is 246 g/mol. The van der Waals surface area contributed by atoms with Crippen molar-refractivity contribution in [2.24, 2.45) is 0 Å². The van der Waals surface area contributed by atoms with E-state index in [4.69, 9.17) is 4.74 Å². The van der Waals surface area contributed by atoms with Crippen molar-refractivity contribution in [3.63, 3.8) is 0 Å². The Labute approximate surface area is 110 Å². The molecule has 2 rings (SSSR count). The maximum absolute atomic E-state index is 11.1. The Morgan fingerprint density at radius 2 is 2.16 bits per heavy atom. The average molecular weight is 261 g/mol. The fraction of sp³-hybridized carbons (Fsp3) is 0.308. The topological polar surface area (TPSA) is 77.3 Å². The minimum Gasteiger partial charge on any atom is -0.496 e. The van der Waals surface area contributed by atoms with Crippen LogP contribution >= 0.6 is 0 Å². The summed E-state index contributed by atoms with van der Waals surface area (Å²) in [6, 6.07) is 5.01. The second-order valence-corrected chi connectivity index (χ2v) is 4.16. The molecule has 6 heteroatoms. The molecule has 0 saturated carbocycles. The van der Waals surface area contributed by atoms with Crippen LogP contribution in [0.25, 0.3) is 10.9 Å². The quantitative estimate of drug-likeness (QED) is 0.676. The molecule has 1 aromatic heterocycles. The third-order valence-corrected chi connectivity index (χ3v) is 2.84. The summed E-state index contributed by atoms with van der Waals surface area (Å²) in [5.74, 6) is 1.12. The number of rotatable bonds is 4. The first-order chi connectivity index (χ1) is 9.06. The molecule has 0 aliphatic rings. The molecule has 0 unspecified atom stereocenters. The number of non-ortho nitro benzene ring substituents is 1. The van der Waals surface area contributed by atoms with Crippen molar-refractivity contribution in [1.82, 2.24) is 4.98 Å². The molecule has 0 fully saturated rings. The molecule has 0 spiro atoms. The number of methoxy groups -OCH3 is 1. The summed E-state index contributed by atoms with van der Waals surface area (Å²) in [6.45, 7) is 4.58. The van der Waals surface area contributed by atoms with Gasteiger partial charge in [0.1, 0.15) is 11.6 Å². The molecule has 0 saturated heterocycles. The SMILES string of the molecule is CCNc1nc2c([N+](=O)[O-])cc(OC)cc2cc1C. The molecule has 6 nitrogen and oxygen atoms in total. The van der Waals surface area contributed by atoms with Crippen LogP contribution in [0.15, 0.2) is 18.2 Å². The normalized spacial score (nSPS) is 10.5. The fourth-order valence-electron chi connectivity index (χ4n) is 1.95. The summed E-state index contributed by atoms with van der Waals surface area (Å²) < 4.78 is 5.08. The van der Waals surface area contributed by atoms with Gasteiger partial charge in [-0.05, 0) is 31.5 Å². The monoisotopic (exact) mass is 261 g/mol. The van der Waals surface area contributed by atoms with E-state index < -0.39 is 4.92 Å². The van der Waals surface area contributed by atoms with E-state index in [9.17, 15) is 10.1 Å². The van der Waals surface area contributed by atoms with E-state index in [0.29, 0.717) is 29.0 Å². The molecule has 19 heavy (non-hydrogen) atoms. The van der Waals surface area contributed by atoms with Crippen molar-refractivity contribution >= 4 is 22.4 Å². The van der Waals surface area contributed by atoms with Gasteiger partial charge in [-0.15, -0.1) is 0 Å². The summed E-state index contributed by atoms with van der Waals surface area (Å²) in [6.07, 6.45) is 0. The molecule has 0 aliphatic heterocycles. The van der Waals surface area contributed by atoms with Crippen molar-refractivity contribution in [1.29, 1.82) is 0 Å². The summed E-state index contributed by atoms with van der Waals surface area (Å²) >= 11 is 0. The number of anilines is 1. The third-order valence-electron chi connectivity index (χ3n) is 2.84. The summed E-state index contributed by atoms with van der Waals surface area (Å²) in [7, 11) is 1.48. The lowest BCUT2D eigenvalue weighted by Gasteiger charge is -2.09. The lowest BCUT2D eigenvalue weighted by Crippen LogP contribution is -2.03. The lowest BCUT2D eigenvalue weighted by molar-refractivity contribution is -0.383. The Hall–Kier alpha value is -2.37. The zero-order valence-electron chi connectivity index (χ0n) is 11.1. The van der Waals surface area contributed by atoms with Crippen LogP contribution < -0.4 is 10.1 Å². The van der Waals surface area contributed by atoms with Gasteiger partial charge in [-0.25, -0.2) is 4.98 Å². The van der Waals surface area contributed by atoms with Gasteiger partial charge < -0.3 is 10.1 Å². The van der Waals surface area contributed by atoms with Gasteiger partial charge in [0, 0.05) is 11.9 Å². The highest BCUT2D eigenvalue weighted by Crippen LogP contribution is 2.31. The minimum atomic E-state index is -0.442. The van der Waals surface area contributed by atoms with Crippen molar-refractivity contribution in [3.05, 3.63) is 33.9 Å². The summed E-state index contributed by atoms with van der Waals surface area (Å²) in [5, 5.41) is 14.9. The van der Waals surface area contributed by atoms with Crippen molar-refractivity contribution < 1.29 is 9.66 Å². The van der Waals surface area contributed by atoms with E-state index in [2.05, 4.69) is 10.3 Å². The Balaban J connectivity index is 2.75. The van der Waals surface area contributed by atoms with Gasteiger partial charge >= 0.3 is 0 Å². The standard InChI is InChI=1S/C13H15N3O3/c1-4-14-13-8(2)5-9-6-10(19-3)7-11(16(17)18)12(9)15-13/h5-7H,4H2,1-3H3,(H,14,15). The van der Waals surface area contributed by atoms with Crippen LogP contribution in [-0.2, 0) is 0 Å². The maximum Gasteiger partial charge on any atom is 0.299 e. The highest BCUT2D eigenvalue weighted by atomic mass is 16.6. The largest absolute Gasteiger partial charge is 0.496 e. The van der Waals surface area contributed by atoms with Crippen LogP contribution in [0.3, 0.4) is 0 Å². The van der Waals surface area contributed by atoms with Crippen LogP contribution in [-0.4, -0.2) is 23.6 Å². The van der Waals surface area contributed by atoms with Crippen LogP contribution in [0.2, 0.25) is 0 Å². The first-order valence-corrected chi connectivity index (χ1v) is 5.94. The number of benzene rings is 1. The number of fused-ring (bicyclic) bond motifs is 1. The zero-order valence-corrected chi connectivity index (χ0v) is 11.1. The number of aryl methyl sites for hydroxylation is 1. The fourth-order valence-corrected chi connectivity index (χ4v) is 1.95. The highest BCUT2D eigenvalue weighted by molar-refractivity contribution is 5.90. The van der Waals surface area contributed by atoms with Gasteiger partial charge in [0.05, 0.1) is 18.1 Å². The molecule has 1 N–H and O–H groups in total. The van der Waals surface area contributed by atoms with Gasteiger partial charge in [-0.3, -0.25) is 10.1 Å².